The van der Waals surface area contributed by atoms with Crippen LogP contribution in [-0.4, -0.2) is 21.9 Å². The summed E-state index contributed by atoms with van der Waals surface area (Å²) in [6.07, 6.45) is 1.47. The maximum absolute atomic E-state index is 5.85. The smallest absolute Gasteiger partial charge is 0.149 e. The molecule has 0 saturated carbocycles. The Hall–Kier alpha value is 1.12. The molecule has 80 valence electrons. The van der Waals surface area contributed by atoms with Gasteiger partial charge in [0.15, 0.2) is 0 Å². The van der Waals surface area contributed by atoms with Crippen molar-refractivity contribution in [2.24, 2.45) is 0 Å². The standard InChI is InChI=1S/C8H14Cl4O/c1-3-5(9)7(11)13-8(12)6(10)4-2/h5-8H,3-4H2,1-2H3. The first-order chi connectivity index (χ1) is 6.02. The third-order valence-corrected chi connectivity index (χ3v) is 3.76. The van der Waals surface area contributed by atoms with E-state index in [0.29, 0.717) is 0 Å². The zero-order valence-electron chi connectivity index (χ0n) is 7.64. The molecule has 1 nitrogen and oxygen atoms in total. The highest BCUT2D eigenvalue weighted by molar-refractivity contribution is 6.31. The van der Waals surface area contributed by atoms with Crippen molar-refractivity contribution in [1.29, 1.82) is 0 Å². The topological polar surface area (TPSA) is 9.23 Å². The molecule has 0 spiro atoms. The average Bonchev–Trinajstić information content (AvgIpc) is 2.14. The lowest BCUT2D eigenvalue weighted by atomic mass is 10.3. The first kappa shape index (κ1) is 14.1. The molecule has 5 heteroatoms. The molecule has 0 aromatic heterocycles. The highest BCUT2D eigenvalue weighted by Gasteiger charge is 2.23. The van der Waals surface area contributed by atoms with E-state index in [0.717, 1.165) is 12.8 Å². The monoisotopic (exact) mass is 266 g/mol. The van der Waals surface area contributed by atoms with Gasteiger partial charge in [-0.3, -0.25) is 0 Å². The van der Waals surface area contributed by atoms with Crippen LogP contribution in [0.4, 0.5) is 0 Å². The zero-order chi connectivity index (χ0) is 10.4. The Morgan fingerprint density at radius 3 is 1.38 bits per heavy atom. The van der Waals surface area contributed by atoms with Crippen molar-refractivity contribution >= 4 is 46.4 Å². The van der Waals surface area contributed by atoms with Crippen LogP contribution in [0.15, 0.2) is 0 Å². The van der Waals surface area contributed by atoms with Gasteiger partial charge in [0.05, 0.1) is 10.8 Å². The van der Waals surface area contributed by atoms with Crippen LogP contribution in [0.2, 0.25) is 0 Å². The Kier molecular flexibility index (Phi) is 8.06. The van der Waals surface area contributed by atoms with Crippen molar-refractivity contribution in [2.75, 3.05) is 0 Å². The number of hydrogen-bond acceptors (Lipinski definition) is 1. The first-order valence-electron chi connectivity index (χ1n) is 4.24. The second-order valence-electron chi connectivity index (χ2n) is 2.69. The summed E-state index contributed by atoms with van der Waals surface area (Å²) in [6.45, 7) is 3.86. The molecule has 0 amide bonds. The SMILES string of the molecule is CCC(Cl)C(Cl)OC(Cl)C(Cl)CC. The van der Waals surface area contributed by atoms with Crippen molar-refractivity contribution in [3.8, 4) is 0 Å². The Morgan fingerprint density at radius 1 is 0.846 bits per heavy atom. The highest BCUT2D eigenvalue weighted by Crippen LogP contribution is 2.22. The van der Waals surface area contributed by atoms with Gasteiger partial charge in [-0.15, -0.1) is 23.2 Å². The second kappa shape index (κ2) is 7.42. The molecule has 0 radical (unpaired) electrons. The van der Waals surface area contributed by atoms with E-state index in [9.17, 15) is 0 Å². The van der Waals surface area contributed by atoms with Gasteiger partial charge in [-0.1, -0.05) is 37.0 Å². The van der Waals surface area contributed by atoms with Crippen LogP contribution in [0.25, 0.3) is 0 Å². The predicted molar refractivity (Wildman–Crippen MR) is 60.2 cm³/mol. The molecule has 0 saturated heterocycles. The van der Waals surface area contributed by atoms with Crippen molar-refractivity contribution in [2.45, 2.75) is 48.6 Å². The Morgan fingerprint density at radius 2 is 1.15 bits per heavy atom. The molecule has 4 unspecified atom stereocenters. The lowest BCUT2D eigenvalue weighted by Gasteiger charge is -2.21. The molecule has 0 rings (SSSR count). The summed E-state index contributed by atoms with van der Waals surface area (Å²) in [5, 5.41) is -0.465. The maximum Gasteiger partial charge on any atom is 0.149 e. The summed E-state index contributed by atoms with van der Waals surface area (Å²) < 4.78 is 5.22. The summed E-state index contributed by atoms with van der Waals surface area (Å²) in [6, 6.07) is 0. The normalized spacial score (nSPS) is 20.8. The van der Waals surface area contributed by atoms with Gasteiger partial charge in [0.1, 0.15) is 11.1 Å². The second-order valence-corrected chi connectivity index (χ2v) is 4.67. The summed E-state index contributed by atoms with van der Waals surface area (Å²) in [5.41, 5.74) is -1.16. The van der Waals surface area contributed by atoms with E-state index in [1.54, 1.807) is 0 Å². The molecule has 0 aliphatic heterocycles. The lowest BCUT2D eigenvalue weighted by molar-refractivity contribution is 0.0757. The van der Waals surface area contributed by atoms with E-state index < -0.39 is 11.1 Å². The van der Waals surface area contributed by atoms with Crippen molar-refractivity contribution < 1.29 is 4.74 Å². The van der Waals surface area contributed by atoms with Crippen LogP contribution in [-0.2, 0) is 4.74 Å². The average molecular weight is 268 g/mol. The third kappa shape index (κ3) is 5.54. The maximum atomic E-state index is 5.85. The van der Waals surface area contributed by atoms with Crippen LogP contribution >= 0.6 is 46.4 Å². The minimum atomic E-state index is -0.582. The predicted octanol–water partition coefficient (Wildman–Crippen LogP) is 4.17. The fourth-order valence-corrected chi connectivity index (χ4v) is 1.41. The fraction of sp³-hybridized carbons (Fsp3) is 1.00. The molecule has 0 bridgehead atoms. The molecule has 0 heterocycles. The van der Waals surface area contributed by atoms with Crippen LogP contribution < -0.4 is 0 Å². The van der Waals surface area contributed by atoms with E-state index in [1.165, 1.54) is 0 Å². The van der Waals surface area contributed by atoms with Crippen LogP contribution in [0, 0.1) is 0 Å². The fourth-order valence-electron chi connectivity index (χ4n) is 0.665. The molecular formula is C8H14Cl4O. The van der Waals surface area contributed by atoms with E-state index in [1.807, 2.05) is 13.8 Å². The quantitative estimate of drug-likeness (QED) is 0.657. The summed E-state index contributed by atoms with van der Waals surface area (Å²) in [7, 11) is 0. The van der Waals surface area contributed by atoms with Gasteiger partial charge in [-0.25, -0.2) is 0 Å². The van der Waals surface area contributed by atoms with Crippen LogP contribution in [0.1, 0.15) is 26.7 Å². The molecule has 0 aromatic carbocycles. The largest absolute Gasteiger partial charge is 0.340 e. The number of halogens is 4. The number of hydrogen-bond donors (Lipinski definition) is 0. The zero-order valence-corrected chi connectivity index (χ0v) is 10.7. The Balaban J connectivity index is 3.83. The lowest BCUT2D eigenvalue weighted by Crippen LogP contribution is -2.27. The van der Waals surface area contributed by atoms with Crippen LogP contribution in [0.5, 0.6) is 0 Å². The van der Waals surface area contributed by atoms with E-state index >= 15 is 0 Å². The molecule has 0 fully saturated rings. The van der Waals surface area contributed by atoms with Crippen LogP contribution in [0.3, 0.4) is 0 Å². The number of rotatable bonds is 6. The Labute approximate surface area is 99.6 Å². The van der Waals surface area contributed by atoms with Gasteiger partial charge in [0.25, 0.3) is 0 Å². The molecule has 13 heavy (non-hydrogen) atoms. The minimum Gasteiger partial charge on any atom is -0.340 e. The molecule has 0 aliphatic carbocycles. The van der Waals surface area contributed by atoms with Gasteiger partial charge >= 0.3 is 0 Å². The van der Waals surface area contributed by atoms with Gasteiger partial charge in [-0.05, 0) is 12.8 Å². The summed E-state index contributed by atoms with van der Waals surface area (Å²) >= 11 is 23.4. The third-order valence-electron chi connectivity index (χ3n) is 1.61. The summed E-state index contributed by atoms with van der Waals surface area (Å²) in [4.78, 5) is 0. The molecule has 4 atom stereocenters. The minimum absolute atomic E-state index is 0.233. The molecule has 0 aromatic rings. The first-order valence-corrected chi connectivity index (χ1v) is 5.99. The van der Waals surface area contributed by atoms with Crippen molar-refractivity contribution in [1.82, 2.24) is 0 Å². The van der Waals surface area contributed by atoms with E-state index in [4.69, 9.17) is 51.1 Å². The number of ether oxygens (including phenoxy) is 1. The van der Waals surface area contributed by atoms with Crippen molar-refractivity contribution in [3.05, 3.63) is 0 Å². The van der Waals surface area contributed by atoms with Gasteiger partial charge < -0.3 is 4.74 Å². The van der Waals surface area contributed by atoms with E-state index in [2.05, 4.69) is 0 Å². The van der Waals surface area contributed by atoms with Gasteiger partial charge in [-0.2, -0.15) is 0 Å². The molecule has 0 aliphatic rings. The van der Waals surface area contributed by atoms with Gasteiger partial charge in [0.2, 0.25) is 0 Å². The molecule has 0 N–H and O–H groups in total. The van der Waals surface area contributed by atoms with Gasteiger partial charge in [0, 0.05) is 0 Å². The molecular weight excluding hydrogens is 254 g/mol. The van der Waals surface area contributed by atoms with Crippen molar-refractivity contribution in [3.63, 3.8) is 0 Å². The highest BCUT2D eigenvalue weighted by atomic mass is 35.5. The Bertz CT molecular complexity index is 119. The number of alkyl halides is 4. The summed E-state index contributed by atoms with van der Waals surface area (Å²) in [5.74, 6) is 0. The van der Waals surface area contributed by atoms with E-state index in [-0.39, 0.29) is 10.8 Å².